The quantitative estimate of drug-likeness (QED) is 0.475. The van der Waals surface area contributed by atoms with Crippen molar-refractivity contribution in [3.05, 3.63) is 77.1 Å². The highest BCUT2D eigenvalue weighted by atomic mass is 35.5. The fourth-order valence-corrected chi connectivity index (χ4v) is 1.72. The minimum absolute atomic E-state index is 0.0443. The first-order valence-corrected chi connectivity index (χ1v) is 6.98. The molecule has 0 bridgehead atoms. The van der Waals surface area contributed by atoms with Crippen LogP contribution in [0.2, 0.25) is 5.02 Å². The molecule has 0 aliphatic heterocycles. The second-order valence-corrected chi connectivity index (χ2v) is 4.86. The van der Waals surface area contributed by atoms with Gasteiger partial charge in [0.25, 0.3) is 0 Å². The predicted octanol–water partition coefficient (Wildman–Crippen LogP) is 3.68. The summed E-state index contributed by atoms with van der Waals surface area (Å²) in [5.41, 5.74) is 0.755. The molecule has 0 aliphatic rings. The van der Waals surface area contributed by atoms with E-state index in [1.807, 2.05) is 0 Å². The number of carbonyl (C=O) groups excluding carboxylic acids is 2. The van der Waals surface area contributed by atoms with Gasteiger partial charge in [0.05, 0.1) is 0 Å². The molecule has 0 N–H and O–H groups in total. The third-order valence-corrected chi connectivity index (χ3v) is 2.95. The first-order chi connectivity index (χ1) is 11.0. The zero-order chi connectivity index (χ0) is 16.7. The van der Waals surface area contributed by atoms with Crippen LogP contribution in [-0.4, -0.2) is 11.9 Å². The first-order valence-electron chi connectivity index (χ1n) is 6.60. The van der Waals surface area contributed by atoms with Gasteiger partial charge in [-0.1, -0.05) is 35.9 Å². The van der Waals surface area contributed by atoms with Gasteiger partial charge in [0, 0.05) is 17.2 Å². The zero-order valence-corrected chi connectivity index (χ0v) is 12.6. The lowest BCUT2D eigenvalue weighted by molar-refractivity contribution is -0.139. The number of hydrogen-bond donors (Lipinski definition) is 0. The number of esters is 2. The van der Waals surface area contributed by atoms with Crippen molar-refractivity contribution >= 4 is 23.5 Å². The van der Waals surface area contributed by atoms with E-state index in [4.69, 9.17) is 21.1 Å². The van der Waals surface area contributed by atoms with E-state index >= 15 is 0 Å². The van der Waals surface area contributed by atoms with Crippen molar-refractivity contribution in [3.8, 4) is 5.75 Å². The van der Waals surface area contributed by atoms with Gasteiger partial charge in [0.2, 0.25) is 0 Å². The van der Waals surface area contributed by atoms with E-state index in [0.717, 1.165) is 23.8 Å². The SMILES string of the molecule is O=C(/C=C/C(=O)Oc1ccccc1F)OCc1ccc(Cl)cc1. The largest absolute Gasteiger partial charge is 0.458 e. The molecule has 0 fully saturated rings. The summed E-state index contributed by atoms with van der Waals surface area (Å²) in [6, 6.07) is 12.2. The summed E-state index contributed by atoms with van der Waals surface area (Å²) >= 11 is 5.74. The van der Waals surface area contributed by atoms with Crippen LogP contribution in [0, 0.1) is 5.82 Å². The minimum atomic E-state index is -0.876. The van der Waals surface area contributed by atoms with Crippen molar-refractivity contribution in [2.45, 2.75) is 6.61 Å². The molecule has 118 valence electrons. The highest BCUT2D eigenvalue weighted by Gasteiger charge is 2.07. The lowest BCUT2D eigenvalue weighted by Gasteiger charge is -2.03. The van der Waals surface area contributed by atoms with Crippen LogP contribution < -0.4 is 4.74 Å². The van der Waals surface area contributed by atoms with Gasteiger partial charge in [-0.15, -0.1) is 0 Å². The Balaban J connectivity index is 1.82. The van der Waals surface area contributed by atoms with E-state index in [9.17, 15) is 14.0 Å². The fraction of sp³-hybridized carbons (Fsp3) is 0.0588. The van der Waals surface area contributed by atoms with Gasteiger partial charge in [-0.05, 0) is 29.8 Å². The van der Waals surface area contributed by atoms with E-state index in [1.54, 1.807) is 24.3 Å². The third-order valence-electron chi connectivity index (χ3n) is 2.70. The van der Waals surface area contributed by atoms with Crippen LogP contribution in [0.1, 0.15) is 5.56 Å². The van der Waals surface area contributed by atoms with Gasteiger partial charge in [-0.3, -0.25) is 0 Å². The van der Waals surface area contributed by atoms with Crippen molar-refractivity contribution in [2.75, 3.05) is 0 Å². The van der Waals surface area contributed by atoms with E-state index in [-0.39, 0.29) is 12.4 Å². The molecule has 23 heavy (non-hydrogen) atoms. The Bertz CT molecular complexity index is 726. The first kappa shape index (κ1) is 16.7. The molecular formula is C17H12ClFO4. The summed E-state index contributed by atoms with van der Waals surface area (Å²) in [4.78, 5) is 23.0. The molecule has 4 nitrogen and oxygen atoms in total. The number of rotatable bonds is 5. The predicted molar refractivity (Wildman–Crippen MR) is 82.4 cm³/mol. The lowest BCUT2D eigenvalue weighted by atomic mass is 10.2. The molecule has 0 aliphatic carbocycles. The van der Waals surface area contributed by atoms with Gasteiger partial charge in [0.1, 0.15) is 6.61 Å². The minimum Gasteiger partial charge on any atom is -0.458 e. The monoisotopic (exact) mass is 334 g/mol. The van der Waals surface area contributed by atoms with Gasteiger partial charge < -0.3 is 9.47 Å². The van der Waals surface area contributed by atoms with Gasteiger partial charge in [-0.25, -0.2) is 14.0 Å². The van der Waals surface area contributed by atoms with Crippen molar-refractivity contribution in [3.63, 3.8) is 0 Å². The standard InChI is InChI=1S/C17H12ClFO4/c18-13-7-5-12(6-8-13)11-22-16(20)9-10-17(21)23-15-4-2-1-3-14(15)19/h1-10H,11H2/b10-9+. The Labute approximate surface area is 137 Å². The molecule has 0 spiro atoms. The van der Waals surface area contributed by atoms with Crippen LogP contribution in [0.25, 0.3) is 0 Å². The fourth-order valence-electron chi connectivity index (χ4n) is 1.59. The second kappa shape index (κ2) is 8.10. The van der Waals surface area contributed by atoms with Crippen molar-refractivity contribution < 1.29 is 23.5 Å². The van der Waals surface area contributed by atoms with Crippen molar-refractivity contribution in [1.29, 1.82) is 0 Å². The molecule has 0 aromatic heterocycles. The Kier molecular flexibility index (Phi) is 5.88. The van der Waals surface area contributed by atoms with Crippen LogP contribution in [0.4, 0.5) is 4.39 Å². The highest BCUT2D eigenvalue weighted by Crippen LogP contribution is 2.15. The van der Waals surface area contributed by atoms with Crippen LogP contribution in [0.3, 0.4) is 0 Å². The maximum absolute atomic E-state index is 13.3. The van der Waals surface area contributed by atoms with E-state index in [0.29, 0.717) is 5.02 Å². The molecule has 0 saturated heterocycles. The molecule has 0 atom stereocenters. The molecule has 2 aromatic rings. The number of halogens is 2. The Morgan fingerprint density at radius 3 is 2.35 bits per heavy atom. The summed E-state index contributed by atoms with van der Waals surface area (Å²) in [5, 5.41) is 0.580. The van der Waals surface area contributed by atoms with Gasteiger partial charge in [0.15, 0.2) is 11.6 Å². The van der Waals surface area contributed by atoms with E-state index < -0.39 is 17.8 Å². The van der Waals surface area contributed by atoms with E-state index in [2.05, 4.69) is 0 Å². The number of para-hydroxylation sites is 1. The molecule has 2 aromatic carbocycles. The maximum Gasteiger partial charge on any atom is 0.336 e. The molecular weight excluding hydrogens is 323 g/mol. The second-order valence-electron chi connectivity index (χ2n) is 4.42. The third kappa shape index (κ3) is 5.56. The topological polar surface area (TPSA) is 52.6 Å². The van der Waals surface area contributed by atoms with Gasteiger partial charge >= 0.3 is 11.9 Å². The number of ether oxygens (including phenoxy) is 2. The smallest absolute Gasteiger partial charge is 0.336 e. The average molecular weight is 335 g/mol. The highest BCUT2D eigenvalue weighted by molar-refractivity contribution is 6.30. The maximum atomic E-state index is 13.3. The molecule has 0 unspecified atom stereocenters. The average Bonchev–Trinajstić information content (AvgIpc) is 2.54. The Morgan fingerprint density at radius 2 is 1.65 bits per heavy atom. The Hall–Kier alpha value is -2.66. The van der Waals surface area contributed by atoms with Crippen LogP contribution in [0.5, 0.6) is 5.75 Å². The van der Waals surface area contributed by atoms with Crippen LogP contribution in [0.15, 0.2) is 60.7 Å². The van der Waals surface area contributed by atoms with E-state index in [1.165, 1.54) is 18.2 Å². The van der Waals surface area contributed by atoms with Crippen LogP contribution >= 0.6 is 11.6 Å². The van der Waals surface area contributed by atoms with Crippen molar-refractivity contribution in [2.24, 2.45) is 0 Å². The molecule has 2 rings (SSSR count). The van der Waals surface area contributed by atoms with Crippen LogP contribution in [-0.2, 0) is 20.9 Å². The normalized spacial score (nSPS) is 10.5. The zero-order valence-electron chi connectivity index (χ0n) is 11.9. The summed E-state index contributed by atoms with van der Waals surface area (Å²) in [7, 11) is 0. The molecule has 0 amide bonds. The molecule has 0 radical (unpaired) electrons. The van der Waals surface area contributed by atoms with Gasteiger partial charge in [-0.2, -0.15) is 0 Å². The summed E-state index contributed by atoms with van der Waals surface area (Å²) in [5.74, 6) is -2.47. The number of benzene rings is 2. The summed E-state index contributed by atoms with van der Waals surface area (Å²) < 4.78 is 23.0. The molecule has 0 heterocycles. The molecule has 0 saturated carbocycles. The number of hydrogen-bond acceptors (Lipinski definition) is 4. The molecule has 6 heteroatoms. The van der Waals surface area contributed by atoms with Crippen molar-refractivity contribution in [1.82, 2.24) is 0 Å². The lowest BCUT2D eigenvalue weighted by Crippen LogP contribution is -2.07. The summed E-state index contributed by atoms with van der Waals surface area (Å²) in [6.07, 6.45) is 1.79. The number of carbonyl (C=O) groups is 2. The summed E-state index contributed by atoms with van der Waals surface area (Å²) in [6.45, 7) is 0.0443. The Morgan fingerprint density at radius 1 is 1.00 bits per heavy atom.